The van der Waals surface area contributed by atoms with Crippen molar-refractivity contribution in [3.8, 4) is 0 Å². The van der Waals surface area contributed by atoms with Crippen LogP contribution in [0.15, 0.2) is 18.3 Å². The molecule has 1 aromatic carbocycles. The van der Waals surface area contributed by atoms with Gasteiger partial charge < -0.3 is 10.1 Å². The fourth-order valence-corrected chi connectivity index (χ4v) is 1.94. The van der Waals surface area contributed by atoms with Gasteiger partial charge in [0.25, 0.3) is 0 Å². The molecule has 1 aromatic heterocycles. The van der Waals surface area contributed by atoms with Gasteiger partial charge in [-0.1, -0.05) is 23.2 Å². The molecule has 1 N–H and O–H groups in total. The number of nitrogens with one attached hydrogen (secondary N) is 1. The topological polar surface area (TPSA) is 47.0 Å². The predicted octanol–water partition coefficient (Wildman–Crippen LogP) is 3.78. The Morgan fingerprint density at radius 3 is 2.68 bits per heavy atom. The van der Waals surface area contributed by atoms with E-state index >= 15 is 0 Å². The average molecular weight is 300 g/mol. The molecule has 19 heavy (non-hydrogen) atoms. The minimum atomic E-state index is 0.483. The summed E-state index contributed by atoms with van der Waals surface area (Å²) in [5, 5.41) is 4.17. The van der Waals surface area contributed by atoms with Crippen LogP contribution < -0.4 is 5.32 Å². The van der Waals surface area contributed by atoms with E-state index in [0.717, 1.165) is 43.0 Å². The highest BCUT2D eigenvalue weighted by molar-refractivity contribution is 6.42. The van der Waals surface area contributed by atoms with Crippen LogP contribution in [0, 0.1) is 0 Å². The highest BCUT2D eigenvalue weighted by Crippen LogP contribution is 2.26. The molecule has 0 radical (unpaired) electrons. The molecule has 4 nitrogen and oxygen atoms in total. The summed E-state index contributed by atoms with van der Waals surface area (Å²) in [4.78, 5) is 8.74. The monoisotopic (exact) mass is 299 g/mol. The second-order valence-electron chi connectivity index (χ2n) is 3.99. The second kappa shape index (κ2) is 6.89. The first-order chi connectivity index (χ1) is 9.20. The molecule has 0 fully saturated rings. The van der Waals surface area contributed by atoms with E-state index < -0.39 is 0 Å². The van der Waals surface area contributed by atoms with Gasteiger partial charge in [-0.25, -0.2) is 4.98 Å². The minimum Gasteiger partial charge on any atom is -0.382 e. The van der Waals surface area contributed by atoms with Gasteiger partial charge in [0.2, 0.25) is 0 Å². The Morgan fingerprint density at radius 1 is 1.21 bits per heavy atom. The normalized spacial score (nSPS) is 10.9. The van der Waals surface area contributed by atoms with E-state index in [9.17, 15) is 0 Å². The highest BCUT2D eigenvalue weighted by Gasteiger charge is 2.04. The molecule has 6 heteroatoms. The summed E-state index contributed by atoms with van der Waals surface area (Å²) in [7, 11) is 0. The Kier molecular flexibility index (Phi) is 5.19. The first-order valence-electron chi connectivity index (χ1n) is 6.14. The third-order valence-electron chi connectivity index (χ3n) is 2.56. The summed E-state index contributed by atoms with van der Waals surface area (Å²) in [6, 6.07) is 3.43. The number of aromatic nitrogens is 2. The van der Waals surface area contributed by atoms with Crippen LogP contribution in [0.3, 0.4) is 0 Å². The van der Waals surface area contributed by atoms with E-state index in [4.69, 9.17) is 27.9 Å². The maximum absolute atomic E-state index is 5.96. The molecule has 0 aliphatic rings. The lowest BCUT2D eigenvalue weighted by Crippen LogP contribution is -2.07. The average Bonchev–Trinajstić information content (AvgIpc) is 2.40. The first-order valence-corrected chi connectivity index (χ1v) is 6.89. The van der Waals surface area contributed by atoms with Crippen molar-refractivity contribution >= 4 is 40.1 Å². The predicted molar refractivity (Wildman–Crippen MR) is 79.2 cm³/mol. The van der Waals surface area contributed by atoms with Crippen molar-refractivity contribution < 1.29 is 4.74 Å². The number of nitrogens with zero attached hydrogens (tertiary/aromatic N) is 2. The Labute approximate surface area is 122 Å². The molecule has 0 saturated carbocycles. The first kappa shape index (κ1) is 14.3. The van der Waals surface area contributed by atoms with E-state index in [-0.39, 0.29) is 0 Å². The van der Waals surface area contributed by atoms with E-state index in [1.54, 1.807) is 18.3 Å². The summed E-state index contributed by atoms with van der Waals surface area (Å²) >= 11 is 11.9. The summed E-state index contributed by atoms with van der Waals surface area (Å²) in [5.74, 6) is 0.724. The maximum Gasteiger partial charge on any atom is 0.145 e. The zero-order valence-electron chi connectivity index (χ0n) is 10.6. The zero-order valence-corrected chi connectivity index (χ0v) is 12.1. The molecular formula is C13H15Cl2N3O. The van der Waals surface area contributed by atoms with E-state index in [0.29, 0.717) is 10.0 Å². The van der Waals surface area contributed by atoms with Crippen LogP contribution >= 0.6 is 23.2 Å². The van der Waals surface area contributed by atoms with Crippen LogP contribution in [0.2, 0.25) is 10.0 Å². The smallest absolute Gasteiger partial charge is 0.145 e. The quantitative estimate of drug-likeness (QED) is 0.825. The van der Waals surface area contributed by atoms with Crippen LogP contribution in [-0.4, -0.2) is 29.7 Å². The zero-order chi connectivity index (χ0) is 13.7. The van der Waals surface area contributed by atoms with Gasteiger partial charge in [0.15, 0.2) is 0 Å². The number of hydrogen-bond donors (Lipinski definition) is 1. The lowest BCUT2D eigenvalue weighted by Gasteiger charge is -2.07. The molecule has 2 rings (SSSR count). The van der Waals surface area contributed by atoms with E-state index in [2.05, 4.69) is 15.3 Å². The molecule has 0 spiro atoms. The fraction of sp³-hybridized carbons (Fsp3) is 0.385. The third-order valence-corrected chi connectivity index (χ3v) is 3.28. The Bertz CT molecular complexity index is 563. The molecule has 0 saturated heterocycles. The van der Waals surface area contributed by atoms with Crippen LogP contribution in [0.25, 0.3) is 11.0 Å². The molecule has 0 unspecified atom stereocenters. The van der Waals surface area contributed by atoms with Crippen molar-refractivity contribution in [3.63, 3.8) is 0 Å². The fourth-order valence-electron chi connectivity index (χ4n) is 1.63. The Hall–Kier alpha value is -1.10. The molecule has 0 atom stereocenters. The molecule has 0 bridgehead atoms. The largest absolute Gasteiger partial charge is 0.382 e. The number of hydrogen-bond acceptors (Lipinski definition) is 4. The summed E-state index contributed by atoms with van der Waals surface area (Å²) in [5.41, 5.74) is 1.46. The summed E-state index contributed by atoms with van der Waals surface area (Å²) < 4.78 is 5.26. The van der Waals surface area contributed by atoms with Crippen molar-refractivity contribution in [1.29, 1.82) is 0 Å². The number of anilines is 1. The summed E-state index contributed by atoms with van der Waals surface area (Å²) in [6.45, 7) is 4.26. The molecule has 1 heterocycles. The van der Waals surface area contributed by atoms with Crippen LogP contribution in [0.1, 0.15) is 13.3 Å². The molecule has 0 amide bonds. The van der Waals surface area contributed by atoms with E-state index in [1.807, 2.05) is 6.92 Å². The van der Waals surface area contributed by atoms with Gasteiger partial charge in [0.05, 0.1) is 27.3 Å². The molecule has 102 valence electrons. The van der Waals surface area contributed by atoms with Gasteiger partial charge in [-0.05, 0) is 25.5 Å². The maximum atomic E-state index is 5.96. The molecule has 2 aromatic rings. The summed E-state index contributed by atoms with van der Waals surface area (Å²) in [6.07, 6.45) is 2.61. The van der Waals surface area contributed by atoms with Gasteiger partial charge in [-0.2, -0.15) is 0 Å². The Balaban J connectivity index is 2.03. The van der Waals surface area contributed by atoms with Crippen molar-refractivity contribution in [2.45, 2.75) is 13.3 Å². The van der Waals surface area contributed by atoms with Crippen LogP contribution in [0.5, 0.6) is 0 Å². The number of halogens is 2. The molecule has 0 aliphatic heterocycles. The van der Waals surface area contributed by atoms with Gasteiger partial charge in [0, 0.05) is 19.8 Å². The number of fused-ring (bicyclic) bond motifs is 1. The molecule has 0 aliphatic carbocycles. The van der Waals surface area contributed by atoms with Crippen molar-refractivity contribution in [2.75, 3.05) is 25.1 Å². The van der Waals surface area contributed by atoms with Crippen molar-refractivity contribution in [1.82, 2.24) is 9.97 Å². The van der Waals surface area contributed by atoms with E-state index in [1.165, 1.54) is 0 Å². The van der Waals surface area contributed by atoms with Gasteiger partial charge in [-0.15, -0.1) is 0 Å². The van der Waals surface area contributed by atoms with Crippen LogP contribution in [0.4, 0.5) is 5.82 Å². The van der Waals surface area contributed by atoms with Crippen molar-refractivity contribution in [3.05, 3.63) is 28.4 Å². The van der Waals surface area contributed by atoms with Crippen LogP contribution in [-0.2, 0) is 4.74 Å². The SMILES string of the molecule is CCOCCCNc1cnc2cc(Cl)c(Cl)cc2n1. The standard InChI is InChI=1S/C13H15Cl2N3O/c1-2-19-5-3-4-16-13-8-17-11-6-9(14)10(15)7-12(11)18-13/h6-8H,2-5H2,1H3,(H,16,18). The van der Waals surface area contributed by atoms with Gasteiger partial charge >= 0.3 is 0 Å². The third kappa shape index (κ3) is 3.93. The second-order valence-corrected chi connectivity index (χ2v) is 4.80. The highest BCUT2D eigenvalue weighted by atomic mass is 35.5. The minimum absolute atomic E-state index is 0.483. The number of rotatable bonds is 6. The van der Waals surface area contributed by atoms with Gasteiger partial charge in [0.1, 0.15) is 5.82 Å². The van der Waals surface area contributed by atoms with Crippen molar-refractivity contribution in [2.24, 2.45) is 0 Å². The Morgan fingerprint density at radius 2 is 1.95 bits per heavy atom. The number of ether oxygens (including phenoxy) is 1. The lowest BCUT2D eigenvalue weighted by molar-refractivity contribution is 0.147. The molecular weight excluding hydrogens is 285 g/mol. The lowest BCUT2D eigenvalue weighted by atomic mass is 10.3. The van der Waals surface area contributed by atoms with Gasteiger partial charge in [-0.3, -0.25) is 4.98 Å². The number of benzene rings is 1.